The SMILES string of the molecule is COCCNC(=O)c1cc(NC(=O)Nc2cccc(C#N)c2)ccc1N1CCCC1. The van der Waals surface area contributed by atoms with Crippen molar-refractivity contribution in [1.82, 2.24) is 5.32 Å². The van der Waals surface area contributed by atoms with Gasteiger partial charge in [0, 0.05) is 43.8 Å². The van der Waals surface area contributed by atoms with Crippen LogP contribution in [0, 0.1) is 11.3 Å². The third-order valence-corrected chi connectivity index (χ3v) is 4.79. The summed E-state index contributed by atoms with van der Waals surface area (Å²) >= 11 is 0. The molecule has 3 rings (SSSR count). The zero-order valence-electron chi connectivity index (χ0n) is 16.9. The van der Waals surface area contributed by atoms with Crippen molar-refractivity contribution in [3.63, 3.8) is 0 Å². The van der Waals surface area contributed by atoms with Crippen LogP contribution in [0.15, 0.2) is 42.5 Å². The minimum absolute atomic E-state index is 0.209. The van der Waals surface area contributed by atoms with Crippen molar-refractivity contribution in [3.8, 4) is 6.07 Å². The monoisotopic (exact) mass is 407 g/mol. The lowest BCUT2D eigenvalue weighted by atomic mass is 10.1. The van der Waals surface area contributed by atoms with Gasteiger partial charge in [0.2, 0.25) is 0 Å². The first-order chi connectivity index (χ1) is 14.6. The molecule has 1 aliphatic rings. The highest BCUT2D eigenvalue weighted by Gasteiger charge is 2.20. The van der Waals surface area contributed by atoms with E-state index in [9.17, 15) is 9.59 Å². The van der Waals surface area contributed by atoms with Crippen LogP contribution in [0.5, 0.6) is 0 Å². The van der Waals surface area contributed by atoms with Gasteiger partial charge in [-0.2, -0.15) is 5.26 Å². The van der Waals surface area contributed by atoms with Gasteiger partial charge in [-0.1, -0.05) is 6.07 Å². The van der Waals surface area contributed by atoms with Gasteiger partial charge < -0.3 is 25.6 Å². The predicted octanol–water partition coefficient (Wildman–Crippen LogP) is 3.18. The Morgan fingerprint density at radius 3 is 2.53 bits per heavy atom. The maximum absolute atomic E-state index is 12.7. The maximum Gasteiger partial charge on any atom is 0.323 e. The predicted molar refractivity (Wildman–Crippen MR) is 116 cm³/mol. The van der Waals surface area contributed by atoms with E-state index < -0.39 is 6.03 Å². The van der Waals surface area contributed by atoms with Crippen molar-refractivity contribution < 1.29 is 14.3 Å². The Kier molecular flexibility index (Phi) is 7.24. The van der Waals surface area contributed by atoms with E-state index in [1.807, 2.05) is 12.1 Å². The Hall–Kier alpha value is -3.57. The zero-order chi connectivity index (χ0) is 21.3. The average Bonchev–Trinajstić information content (AvgIpc) is 3.28. The normalized spacial score (nSPS) is 12.9. The summed E-state index contributed by atoms with van der Waals surface area (Å²) in [7, 11) is 1.58. The van der Waals surface area contributed by atoms with E-state index in [4.69, 9.17) is 10.00 Å². The second kappa shape index (κ2) is 10.3. The van der Waals surface area contributed by atoms with Gasteiger partial charge in [-0.05, 0) is 49.2 Å². The lowest BCUT2D eigenvalue weighted by Gasteiger charge is -2.22. The molecule has 0 atom stereocenters. The Bertz CT molecular complexity index is 948. The molecule has 1 saturated heterocycles. The van der Waals surface area contributed by atoms with E-state index in [1.165, 1.54) is 0 Å². The molecule has 1 heterocycles. The van der Waals surface area contributed by atoms with Gasteiger partial charge in [0.15, 0.2) is 0 Å². The lowest BCUT2D eigenvalue weighted by Crippen LogP contribution is -2.30. The van der Waals surface area contributed by atoms with Crippen LogP contribution < -0.4 is 20.9 Å². The Labute approximate surface area is 175 Å². The van der Waals surface area contributed by atoms with Crippen molar-refractivity contribution in [3.05, 3.63) is 53.6 Å². The topological polar surface area (TPSA) is 106 Å². The van der Waals surface area contributed by atoms with Gasteiger partial charge in [-0.15, -0.1) is 0 Å². The highest BCUT2D eigenvalue weighted by Crippen LogP contribution is 2.27. The number of amides is 3. The molecule has 0 saturated carbocycles. The quantitative estimate of drug-likeness (QED) is 0.611. The Morgan fingerprint density at radius 1 is 1.10 bits per heavy atom. The number of rotatable bonds is 7. The summed E-state index contributed by atoms with van der Waals surface area (Å²) in [5, 5.41) is 17.3. The molecule has 2 aromatic carbocycles. The van der Waals surface area contributed by atoms with E-state index in [0.29, 0.717) is 35.7 Å². The van der Waals surface area contributed by atoms with Gasteiger partial charge in [0.1, 0.15) is 0 Å². The van der Waals surface area contributed by atoms with Crippen molar-refractivity contribution in [1.29, 1.82) is 5.26 Å². The molecule has 8 heteroatoms. The summed E-state index contributed by atoms with van der Waals surface area (Å²) in [4.78, 5) is 27.3. The number of hydrogen-bond acceptors (Lipinski definition) is 5. The first-order valence-electron chi connectivity index (χ1n) is 9.85. The number of nitrogens with one attached hydrogen (secondary N) is 3. The van der Waals surface area contributed by atoms with Crippen molar-refractivity contribution in [2.75, 3.05) is 48.9 Å². The minimum atomic E-state index is -0.454. The maximum atomic E-state index is 12.7. The first kappa shape index (κ1) is 21.1. The number of nitriles is 1. The fraction of sp³-hybridized carbons (Fsp3) is 0.318. The smallest absolute Gasteiger partial charge is 0.323 e. The lowest BCUT2D eigenvalue weighted by molar-refractivity contribution is 0.0937. The van der Waals surface area contributed by atoms with Crippen LogP contribution >= 0.6 is 0 Å². The van der Waals surface area contributed by atoms with E-state index in [1.54, 1.807) is 43.5 Å². The number of ether oxygens (including phenoxy) is 1. The molecule has 0 spiro atoms. The molecule has 0 radical (unpaired) electrons. The second-order valence-electron chi connectivity index (χ2n) is 6.95. The molecule has 0 aliphatic carbocycles. The largest absolute Gasteiger partial charge is 0.383 e. The van der Waals surface area contributed by atoms with E-state index in [2.05, 4.69) is 20.9 Å². The first-order valence-corrected chi connectivity index (χ1v) is 9.85. The van der Waals surface area contributed by atoms with Crippen LogP contribution in [0.2, 0.25) is 0 Å². The van der Waals surface area contributed by atoms with Crippen LogP contribution in [-0.2, 0) is 4.74 Å². The van der Waals surface area contributed by atoms with E-state index in [0.717, 1.165) is 31.6 Å². The molecule has 3 N–H and O–H groups in total. The third-order valence-electron chi connectivity index (χ3n) is 4.79. The number of anilines is 3. The number of carbonyl (C=O) groups is 2. The highest BCUT2D eigenvalue weighted by molar-refractivity contribution is 6.04. The van der Waals surface area contributed by atoms with Crippen LogP contribution in [0.3, 0.4) is 0 Å². The number of nitrogens with zero attached hydrogens (tertiary/aromatic N) is 2. The van der Waals surface area contributed by atoms with Crippen LogP contribution in [-0.4, -0.2) is 45.3 Å². The molecule has 3 amide bonds. The molecule has 30 heavy (non-hydrogen) atoms. The standard InChI is InChI=1S/C22H25N5O3/c1-30-12-9-24-21(28)19-14-18(7-8-20(19)27-10-2-3-11-27)26-22(29)25-17-6-4-5-16(13-17)15-23/h4-8,13-14H,2-3,9-12H2,1H3,(H,24,28)(H2,25,26,29). The zero-order valence-corrected chi connectivity index (χ0v) is 16.9. The van der Waals surface area contributed by atoms with Gasteiger partial charge in [-0.25, -0.2) is 4.79 Å². The second-order valence-corrected chi connectivity index (χ2v) is 6.95. The van der Waals surface area contributed by atoms with Gasteiger partial charge in [-0.3, -0.25) is 4.79 Å². The fourth-order valence-corrected chi connectivity index (χ4v) is 3.35. The van der Waals surface area contributed by atoms with Gasteiger partial charge in [0.25, 0.3) is 5.91 Å². The Morgan fingerprint density at radius 2 is 1.83 bits per heavy atom. The molecule has 1 aliphatic heterocycles. The van der Waals surface area contributed by atoms with Crippen molar-refractivity contribution >= 4 is 29.0 Å². The number of hydrogen-bond donors (Lipinski definition) is 3. The fourth-order valence-electron chi connectivity index (χ4n) is 3.35. The number of carbonyl (C=O) groups excluding carboxylic acids is 2. The summed E-state index contributed by atoms with van der Waals surface area (Å²) < 4.78 is 5.00. The van der Waals surface area contributed by atoms with E-state index in [-0.39, 0.29) is 5.91 Å². The number of benzene rings is 2. The molecular weight excluding hydrogens is 382 g/mol. The van der Waals surface area contributed by atoms with Crippen LogP contribution in [0.1, 0.15) is 28.8 Å². The summed E-state index contributed by atoms with van der Waals surface area (Å²) in [6, 6.07) is 13.6. The molecule has 0 unspecified atom stereocenters. The summed E-state index contributed by atoms with van der Waals surface area (Å²) in [5.74, 6) is -0.209. The van der Waals surface area contributed by atoms with Crippen molar-refractivity contribution in [2.24, 2.45) is 0 Å². The average molecular weight is 407 g/mol. The van der Waals surface area contributed by atoms with Gasteiger partial charge >= 0.3 is 6.03 Å². The molecule has 0 bridgehead atoms. The number of methoxy groups -OCH3 is 1. The minimum Gasteiger partial charge on any atom is -0.383 e. The molecule has 8 nitrogen and oxygen atoms in total. The molecule has 0 aromatic heterocycles. The summed E-state index contributed by atoms with van der Waals surface area (Å²) in [6.07, 6.45) is 2.18. The highest BCUT2D eigenvalue weighted by atomic mass is 16.5. The number of urea groups is 1. The van der Waals surface area contributed by atoms with Crippen molar-refractivity contribution in [2.45, 2.75) is 12.8 Å². The van der Waals surface area contributed by atoms with Crippen LogP contribution in [0.4, 0.5) is 21.9 Å². The molecule has 2 aromatic rings. The molecule has 156 valence electrons. The third kappa shape index (κ3) is 5.49. The van der Waals surface area contributed by atoms with Gasteiger partial charge in [0.05, 0.1) is 23.8 Å². The summed E-state index contributed by atoms with van der Waals surface area (Å²) in [6.45, 7) is 2.64. The van der Waals surface area contributed by atoms with E-state index >= 15 is 0 Å². The summed E-state index contributed by atoms with van der Waals surface area (Å²) in [5.41, 5.74) is 2.84. The van der Waals surface area contributed by atoms with Crippen LogP contribution in [0.25, 0.3) is 0 Å². The Balaban J connectivity index is 1.75. The molecule has 1 fully saturated rings. The molecular formula is C22H25N5O3.